The molecule has 1 aromatic rings. The molecule has 1 amide bonds. The summed E-state index contributed by atoms with van der Waals surface area (Å²) < 4.78 is 0. The number of oxime groups is 1. The van der Waals surface area contributed by atoms with E-state index in [1.54, 1.807) is 13.8 Å². The molecule has 6 nitrogen and oxygen atoms in total. The first-order valence-electron chi connectivity index (χ1n) is 5.62. The number of amides is 1. The van der Waals surface area contributed by atoms with E-state index < -0.39 is 5.91 Å². The van der Waals surface area contributed by atoms with Gasteiger partial charge in [-0.15, -0.1) is 0 Å². The fraction of sp³-hybridized carbons (Fsp3) is 0.333. The van der Waals surface area contributed by atoms with Gasteiger partial charge >= 0.3 is 0 Å². The van der Waals surface area contributed by atoms with E-state index in [2.05, 4.69) is 5.16 Å². The van der Waals surface area contributed by atoms with Gasteiger partial charge in [0.05, 0.1) is 17.1 Å². The number of carbonyl (C=O) groups is 1. The minimum Gasteiger partial charge on any atom is -0.508 e. The van der Waals surface area contributed by atoms with Crippen LogP contribution in [0.4, 0.5) is 0 Å². The zero-order chi connectivity index (χ0) is 14.6. The molecule has 0 aliphatic heterocycles. The summed E-state index contributed by atoms with van der Waals surface area (Å²) in [4.78, 5) is 13.7. The summed E-state index contributed by atoms with van der Waals surface area (Å²) in [5.74, 6) is -0.541. The third-order valence-electron chi connectivity index (χ3n) is 2.53. The van der Waals surface area contributed by atoms with E-state index in [0.717, 1.165) is 0 Å². The largest absolute Gasteiger partial charge is 0.508 e. The molecule has 0 saturated heterocycles. The van der Waals surface area contributed by atoms with Crippen molar-refractivity contribution >= 4 is 23.3 Å². The molecule has 0 saturated carbocycles. The topological polar surface area (TPSA) is 99.1 Å². The van der Waals surface area contributed by atoms with Crippen LogP contribution in [0.2, 0.25) is 5.02 Å². The van der Waals surface area contributed by atoms with E-state index in [4.69, 9.17) is 22.5 Å². The van der Waals surface area contributed by atoms with Crippen molar-refractivity contribution in [1.82, 2.24) is 4.90 Å². The van der Waals surface area contributed by atoms with Gasteiger partial charge in [0, 0.05) is 6.04 Å². The first-order valence-corrected chi connectivity index (χ1v) is 6.00. The van der Waals surface area contributed by atoms with Gasteiger partial charge in [-0.2, -0.15) is 0 Å². The lowest BCUT2D eigenvalue weighted by Gasteiger charge is -2.26. The van der Waals surface area contributed by atoms with Gasteiger partial charge in [-0.25, -0.2) is 0 Å². The summed E-state index contributed by atoms with van der Waals surface area (Å²) in [7, 11) is 0. The molecular formula is C12H16ClN3O3. The van der Waals surface area contributed by atoms with E-state index in [0.29, 0.717) is 0 Å². The molecule has 0 atom stereocenters. The summed E-state index contributed by atoms with van der Waals surface area (Å²) in [6, 6.07) is 3.94. The summed E-state index contributed by atoms with van der Waals surface area (Å²) in [6.45, 7) is 3.55. The fourth-order valence-corrected chi connectivity index (χ4v) is 1.73. The normalized spacial score (nSPS) is 11.7. The van der Waals surface area contributed by atoms with Crippen molar-refractivity contribution in [3.63, 3.8) is 0 Å². The molecule has 0 unspecified atom stereocenters. The fourth-order valence-electron chi connectivity index (χ4n) is 1.53. The maximum Gasteiger partial charge on any atom is 0.256 e. The molecule has 0 aromatic heterocycles. The summed E-state index contributed by atoms with van der Waals surface area (Å²) in [5.41, 5.74) is 5.59. The van der Waals surface area contributed by atoms with Crippen LogP contribution in [0, 0.1) is 0 Å². The molecule has 19 heavy (non-hydrogen) atoms. The van der Waals surface area contributed by atoms with E-state index in [9.17, 15) is 9.90 Å². The third kappa shape index (κ3) is 3.75. The number of carbonyl (C=O) groups excluding carboxylic acids is 1. The van der Waals surface area contributed by atoms with Crippen molar-refractivity contribution in [3.8, 4) is 5.75 Å². The lowest BCUT2D eigenvalue weighted by Crippen LogP contribution is -2.43. The van der Waals surface area contributed by atoms with Crippen LogP contribution in [-0.4, -0.2) is 39.5 Å². The van der Waals surface area contributed by atoms with Crippen LogP contribution < -0.4 is 5.73 Å². The molecule has 1 rings (SSSR count). The smallest absolute Gasteiger partial charge is 0.256 e. The van der Waals surface area contributed by atoms with Gasteiger partial charge in [0.1, 0.15) is 5.75 Å². The highest BCUT2D eigenvalue weighted by Gasteiger charge is 2.22. The maximum absolute atomic E-state index is 12.3. The van der Waals surface area contributed by atoms with Gasteiger partial charge in [0.25, 0.3) is 5.91 Å². The average Bonchev–Trinajstić information content (AvgIpc) is 2.37. The molecule has 0 aliphatic carbocycles. The zero-order valence-corrected chi connectivity index (χ0v) is 11.4. The van der Waals surface area contributed by atoms with Crippen LogP contribution >= 0.6 is 11.6 Å². The number of aromatic hydroxyl groups is 1. The molecule has 0 radical (unpaired) electrons. The second kappa shape index (κ2) is 6.29. The molecule has 0 fully saturated rings. The van der Waals surface area contributed by atoms with Crippen LogP contribution in [0.5, 0.6) is 5.75 Å². The number of phenols is 1. The Balaban J connectivity index is 3.09. The quantitative estimate of drug-likeness (QED) is 0.339. The predicted molar refractivity (Wildman–Crippen MR) is 72.7 cm³/mol. The minimum atomic E-state index is -0.400. The van der Waals surface area contributed by atoms with Crippen molar-refractivity contribution in [2.45, 2.75) is 19.9 Å². The van der Waals surface area contributed by atoms with Gasteiger partial charge in [-0.3, -0.25) is 4.79 Å². The van der Waals surface area contributed by atoms with Crippen molar-refractivity contribution in [2.24, 2.45) is 10.9 Å². The lowest BCUT2D eigenvalue weighted by atomic mass is 10.1. The Labute approximate surface area is 116 Å². The average molecular weight is 286 g/mol. The third-order valence-corrected chi connectivity index (χ3v) is 2.85. The van der Waals surface area contributed by atoms with Gasteiger partial charge in [-0.05, 0) is 32.0 Å². The summed E-state index contributed by atoms with van der Waals surface area (Å²) in [5, 5.41) is 21.1. The molecule has 104 valence electrons. The molecule has 0 spiro atoms. The molecule has 7 heteroatoms. The number of nitrogens with two attached hydrogens (primary N) is 1. The molecule has 0 bridgehead atoms. The Morgan fingerprint density at radius 2 is 2.16 bits per heavy atom. The molecule has 1 aromatic carbocycles. The SMILES string of the molecule is CC(C)N(C/C(N)=N/O)C(=O)c1cc(O)ccc1Cl. The maximum atomic E-state index is 12.3. The monoisotopic (exact) mass is 285 g/mol. The number of halogens is 1. The molecular weight excluding hydrogens is 270 g/mol. The van der Waals surface area contributed by atoms with Crippen molar-refractivity contribution in [2.75, 3.05) is 6.54 Å². The molecule has 0 heterocycles. The van der Waals surface area contributed by atoms with Crippen molar-refractivity contribution in [3.05, 3.63) is 28.8 Å². The first-order chi connectivity index (χ1) is 8.86. The van der Waals surface area contributed by atoms with E-state index in [1.807, 2.05) is 0 Å². The number of hydrogen-bond donors (Lipinski definition) is 3. The van der Waals surface area contributed by atoms with Gasteiger partial charge in [-0.1, -0.05) is 16.8 Å². The Bertz CT molecular complexity index is 503. The van der Waals surface area contributed by atoms with E-state index in [1.165, 1.54) is 23.1 Å². The number of phenolic OH excluding ortho intramolecular Hbond substituents is 1. The van der Waals surface area contributed by atoms with Crippen molar-refractivity contribution < 1.29 is 15.1 Å². The second-order valence-corrected chi connectivity index (χ2v) is 4.69. The predicted octanol–water partition coefficient (Wildman–Crippen LogP) is 1.64. The highest BCUT2D eigenvalue weighted by Crippen LogP contribution is 2.23. The van der Waals surface area contributed by atoms with E-state index >= 15 is 0 Å². The number of benzene rings is 1. The van der Waals surface area contributed by atoms with Gasteiger partial charge < -0.3 is 20.9 Å². The Kier molecular flexibility index (Phi) is 5.00. The number of rotatable bonds is 4. The first kappa shape index (κ1) is 15.1. The minimum absolute atomic E-state index is 0.0288. The number of amidine groups is 1. The Morgan fingerprint density at radius 1 is 1.53 bits per heavy atom. The van der Waals surface area contributed by atoms with Gasteiger partial charge in [0.2, 0.25) is 0 Å². The summed E-state index contributed by atoms with van der Waals surface area (Å²) in [6.07, 6.45) is 0. The number of hydrogen-bond acceptors (Lipinski definition) is 4. The highest BCUT2D eigenvalue weighted by atomic mass is 35.5. The van der Waals surface area contributed by atoms with Crippen LogP contribution in [0.3, 0.4) is 0 Å². The van der Waals surface area contributed by atoms with Crippen LogP contribution in [-0.2, 0) is 0 Å². The molecule has 0 aliphatic rings. The molecule has 4 N–H and O–H groups in total. The van der Waals surface area contributed by atoms with E-state index in [-0.39, 0.29) is 34.8 Å². The van der Waals surface area contributed by atoms with Crippen LogP contribution in [0.1, 0.15) is 24.2 Å². The zero-order valence-electron chi connectivity index (χ0n) is 10.7. The van der Waals surface area contributed by atoms with Gasteiger partial charge in [0.15, 0.2) is 5.84 Å². The summed E-state index contributed by atoms with van der Waals surface area (Å²) >= 11 is 5.94. The Morgan fingerprint density at radius 3 is 2.68 bits per heavy atom. The second-order valence-electron chi connectivity index (χ2n) is 4.28. The van der Waals surface area contributed by atoms with Crippen LogP contribution in [0.25, 0.3) is 0 Å². The number of nitrogens with zero attached hydrogens (tertiary/aromatic N) is 2. The van der Waals surface area contributed by atoms with Crippen LogP contribution in [0.15, 0.2) is 23.4 Å². The Hall–Kier alpha value is -1.95. The lowest BCUT2D eigenvalue weighted by molar-refractivity contribution is 0.0734. The van der Waals surface area contributed by atoms with Crippen molar-refractivity contribution in [1.29, 1.82) is 0 Å². The standard InChI is InChI=1S/C12H16ClN3O3/c1-7(2)16(6-11(14)15-19)12(18)9-5-8(17)3-4-10(9)13/h3-5,7,17,19H,6H2,1-2H3,(H2,14,15). The highest BCUT2D eigenvalue weighted by molar-refractivity contribution is 6.33.